The quantitative estimate of drug-likeness (QED) is 0.769. The van der Waals surface area contributed by atoms with Crippen LogP contribution in [-0.4, -0.2) is 32.4 Å². The number of hydrogen-bond donors (Lipinski definition) is 1. The molecule has 2 aliphatic rings. The Kier molecular flexibility index (Phi) is 5.67. The zero-order valence-corrected chi connectivity index (χ0v) is 15.6. The molecule has 0 unspecified atom stereocenters. The molecule has 6 heteroatoms. The lowest BCUT2D eigenvalue weighted by molar-refractivity contribution is -0.121. The molecule has 1 N–H and O–H groups in total. The fourth-order valence-electron chi connectivity index (χ4n) is 3.61. The SMILES string of the molecule is COc1ccc([C@H](NC(=O)CCS(=O)(=O)C2CCCC2)C2CC2)cc1. The maximum Gasteiger partial charge on any atom is 0.221 e. The highest BCUT2D eigenvalue weighted by molar-refractivity contribution is 7.92. The van der Waals surface area contributed by atoms with Crippen molar-refractivity contribution in [3.05, 3.63) is 29.8 Å². The predicted octanol–water partition coefficient (Wildman–Crippen LogP) is 3.01. The highest BCUT2D eigenvalue weighted by Crippen LogP contribution is 2.41. The number of carbonyl (C=O) groups excluding carboxylic acids is 1. The van der Waals surface area contributed by atoms with Crippen LogP contribution in [0.1, 0.15) is 56.6 Å². The lowest BCUT2D eigenvalue weighted by atomic mass is 10.0. The summed E-state index contributed by atoms with van der Waals surface area (Å²) >= 11 is 0. The Bertz CT molecular complexity index is 689. The average molecular weight is 365 g/mol. The molecule has 1 amide bonds. The van der Waals surface area contributed by atoms with Crippen molar-refractivity contribution < 1.29 is 17.9 Å². The van der Waals surface area contributed by atoms with E-state index in [9.17, 15) is 13.2 Å². The van der Waals surface area contributed by atoms with Crippen LogP contribution in [0.25, 0.3) is 0 Å². The molecule has 0 radical (unpaired) electrons. The maximum atomic E-state index is 12.3. The molecule has 25 heavy (non-hydrogen) atoms. The van der Waals surface area contributed by atoms with Gasteiger partial charge in [-0.1, -0.05) is 25.0 Å². The molecule has 1 aromatic rings. The summed E-state index contributed by atoms with van der Waals surface area (Å²) in [4.78, 5) is 12.3. The first-order chi connectivity index (χ1) is 12.0. The lowest BCUT2D eigenvalue weighted by Gasteiger charge is -2.19. The number of amides is 1. The Balaban J connectivity index is 1.57. The van der Waals surface area contributed by atoms with E-state index in [0.29, 0.717) is 5.92 Å². The van der Waals surface area contributed by atoms with Crippen molar-refractivity contribution in [1.82, 2.24) is 5.32 Å². The van der Waals surface area contributed by atoms with E-state index in [2.05, 4.69) is 5.32 Å². The van der Waals surface area contributed by atoms with Crippen molar-refractivity contribution in [3.63, 3.8) is 0 Å². The van der Waals surface area contributed by atoms with Gasteiger partial charge >= 0.3 is 0 Å². The third-order valence-corrected chi connectivity index (χ3v) is 7.57. The van der Waals surface area contributed by atoms with E-state index in [0.717, 1.165) is 49.8 Å². The summed E-state index contributed by atoms with van der Waals surface area (Å²) in [5, 5.41) is 2.82. The minimum Gasteiger partial charge on any atom is -0.497 e. The van der Waals surface area contributed by atoms with E-state index in [1.54, 1.807) is 7.11 Å². The van der Waals surface area contributed by atoms with Crippen molar-refractivity contribution >= 4 is 15.7 Å². The van der Waals surface area contributed by atoms with E-state index >= 15 is 0 Å². The minimum atomic E-state index is -3.15. The first-order valence-electron chi connectivity index (χ1n) is 9.14. The molecular weight excluding hydrogens is 338 g/mol. The van der Waals surface area contributed by atoms with Gasteiger partial charge in [-0.05, 0) is 49.3 Å². The van der Waals surface area contributed by atoms with Gasteiger partial charge in [-0.25, -0.2) is 8.42 Å². The molecule has 0 heterocycles. The van der Waals surface area contributed by atoms with Gasteiger partial charge in [0, 0.05) is 6.42 Å². The topological polar surface area (TPSA) is 72.5 Å². The molecule has 0 aliphatic heterocycles. The minimum absolute atomic E-state index is 0.0346. The van der Waals surface area contributed by atoms with Crippen molar-refractivity contribution in [2.75, 3.05) is 12.9 Å². The number of methoxy groups -OCH3 is 1. The Morgan fingerprint density at radius 2 is 1.80 bits per heavy atom. The highest BCUT2D eigenvalue weighted by Gasteiger charge is 2.34. The van der Waals surface area contributed by atoms with Crippen LogP contribution in [0.3, 0.4) is 0 Å². The molecule has 3 rings (SSSR count). The van der Waals surface area contributed by atoms with E-state index in [4.69, 9.17) is 4.74 Å². The number of ether oxygens (including phenoxy) is 1. The summed E-state index contributed by atoms with van der Waals surface area (Å²) in [5.41, 5.74) is 1.05. The first kappa shape index (κ1) is 18.2. The van der Waals surface area contributed by atoms with Crippen LogP contribution in [0.4, 0.5) is 0 Å². The van der Waals surface area contributed by atoms with Gasteiger partial charge in [-0.15, -0.1) is 0 Å². The van der Waals surface area contributed by atoms with Crippen LogP contribution < -0.4 is 10.1 Å². The van der Waals surface area contributed by atoms with Crippen molar-refractivity contribution in [2.24, 2.45) is 5.92 Å². The second-order valence-electron chi connectivity index (χ2n) is 7.18. The predicted molar refractivity (Wildman–Crippen MR) is 97.3 cm³/mol. The van der Waals surface area contributed by atoms with Crippen LogP contribution in [-0.2, 0) is 14.6 Å². The van der Waals surface area contributed by atoms with Gasteiger partial charge in [0.05, 0.1) is 24.2 Å². The molecule has 0 aromatic heterocycles. The summed E-state index contributed by atoms with van der Waals surface area (Å²) < 4.78 is 29.8. The molecule has 1 aromatic carbocycles. The number of carbonyl (C=O) groups is 1. The third-order valence-electron chi connectivity index (χ3n) is 5.31. The van der Waals surface area contributed by atoms with E-state index in [-0.39, 0.29) is 29.4 Å². The first-order valence-corrected chi connectivity index (χ1v) is 10.9. The molecular formula is C19H27NO4S. The smallest absolute Gasteiger partial charge is 0.221 e. The maximum absolute atomic E-state index is 12.3. The van der Waals surface area contributed by atoms with E-state index in [1.807, 2.05) is 24.3 Å². The number of rotatable bonds is 8. The van der Waals surface area contributed by atoms with Crippen LogP contribution in [0.15, 0.2) is 24.3 Å². The molecule has 0 spiro atoms. The lowest BCUT2D eigenvalue weighted by Crippen LogP contribution is -2.32. The summed E-state index contributed by atoms with van der Waals surface area (Å²) in [5.74, 6) is 1.02. The van der Waals surface area contributed by atoms with Gasteiger partial charge in [0.2, 0.25) is 5.91 Å². The van der Waals surface area contributed by atoms with Crippen LogP contribution in [0, 0.1) is 5.92 Å². The number of benzene rings is 1. The Hall–Kier alpha value is -1.56. The molecule has 138 valence electrons. The second-order valence-corrected chi connectivity index (χ2v) is 9.58. The number of nitrogens with one attached hydrogen (secondary N) is 1. The van der Waals surface area contributed by atoms with Crippen LogP contribution >= 0.6 is 0 Å². The molecule has 1 atom stereocenters. The van der Waals surface area contributed by atoms with Gasteiger partial charge in [0.25, 0.3) is 0 Å². The summed E-state index contributed by atoms with van der Waals surface area (Å²) in [6, 6.07) is 7.69. The normalized spacial score (nSPS) is 19.6. The third kappa shape index (κ3) is 4.75. The standard InChI is InChI=1S/C19H27NO4S/c1-24-16-10-8-15(9-11-16)19(14-6-7-14)20-18(21)12-13-25(22,23)17-4-2-3-5-17/h8-11,14,17,19H,2-7,12-13H2,1H3,(H,20,21)/t19-/m1/s1. The molecule has 2 saturated carbocycles. The Labute approximate surface area is 150 Å². The van der Waals surface area contributed by atoms with Crippen molar-refractivity contribution in [2.45, 2.75) is 56.2 Å². The molecule has 5 nitrogen and oxygen atoms in total. The molecule has 0 bridgehead atoms. The fraction of sp³-hybridized carbons (Fsp3) is 0.632. The van der Waals surface area contributed by atoms with Gasteiger partial charge < -0.3 is 10.1 Å². The van der Waals surface area contributed by atoms with Gasteiger partial charge in [-0.3, -0.25) is 4.79 Å². The Morgan fingerprint density at radius 1 is 1.16 bits per heavy atom. The fourth-order valence-corrected chi connectivity index (χ4v) is 5.46. The molecule has 2 fully saturated rings. The summed E-state index contributed by atoms with van der Waals surface area (Å²) in [7, 11) is -1.52. The van der Waals surface area contributed by atoms with Crippen molar-refractivity contribution in [1.29, 1.82) is 0 Å². The summed E-state index contributed by atoms with van der Waals surface area (Å²) in [6.07, 6.45) is 5.71. The summed E-state index contributed by atoms with van der Waals surface area (Å²) in [6.45, 7) is 0. The van der Waals surface area contributed by atoms with Crippen LogP contribution in [0.5, 0.6) is 5.75 Å². The largest absolute Gasteiger partial charge is 0.497 e. The van der Waals surface area contributed by atoms with Gasteiger partial charge in [0.15, 0.2) is 9.84 Å². The van der Waals surface area contributed by atoms with E-state index in [1.165, 1.54) is 0 Å². The second kappa shape index (κ2) is 7.77. The zero-order chi connectivity index (χ0) is 17.9. The van der Waals surface area contributed by atoms with E-state index < -0.39 is 9.84 Å². The number of sulfone groups is 1. The number of hydrogen-bond acceptors (Lipinski definition) is 4. The molecule has 0 saturated heterocycles. The average Bonchev–Trinajstić information content (AvgIpc) is 3.30. The highest BCUT2D eigenvalue weighted by atomic mass is 32.2. The van der Waals surface area contributed by atoms with Gasteiger partial charge in [-0.2, -0.15) is 0 Å². The van der Waals surface area contributed by atoms with Crippen LogP contribution in [0.2, 0.25) is 0 Å². The molecule has 2 aliphatic carbocycles. The monoisotopic (exact) mass is 365 g/mol. The zero-order valence-electron chi connectivity index (χ0n) is 14.7. The Morgan fingerprint density at radius 3 is 2.36 bits per heavy atom. The van der Waals surface area contributed by atoms with Gasteiger partial charge in [0.1, 0.15) is 5.75 Å². The van der Waals surface area contributed by atoms with Crippen molar-refractivity contribution in [3.8, 4) is 5.75 Å².